The van der Waals surface area contributed by atoms with Crippen LogP contribution >= 0.6 is 35.0 Å². The Morgan fingerprint density at radius 1 is 0.943 bits per heavy atom. The summed E-state index contributed by atoms with van der Waals surface area (Å²) in [5.74, 6) is 0.701. The first-order valence-electron chi connectivity index (χ1n) is 11.6. The van der Waals surface area contributed by atoms with Gasteiger partial charge in [-0.25, -0.2) is 0 Å². The number of carbonyl (C=O) groups is 2. The maximum atomic E-state index is 13.6. The molecule has 1 atom stereocenters. The fraction of sp³-hybridized carbons (Fsp3) is 0.286. The summed E-state index contributed by atoms with van der Waals surface area (Å²) in [4.78, 5) is 28.6. The van der Waals surface area contributed by atoms with Crippen molar-refractivity contribution >= 4 is 46.8 Å². The molecule has 3 aromatic rings. The largest absolute Gasteiger partial charge is 0.354 e. The van der Waals surface area contributed by atoms with Gasteiger partial charge in [0.05, 0.1) is 5.75 Å². The Hall–Kier alpha value is -2.47. The van der Waals surface area contributed by atoms with Crippen molar-refractivity contribution in [2.24, 2.45) is 0 Å². The molecule has 0 saturated carbocycles. The molecular weight excluding hydrogens is 499 g/mol. The molecule has 0 spiro atoms. The molecule has 1 N–H and O–H groups in total. The molecule has 3 aromatic carbocycles. The van der Waals surface area contributed by atoms with E-state index in [1.165, 1.54) is 11.8 Å². The first-order chi connectivity index (χ1) is 17.0. The third-order valence-corrected chi connectivity index (χ3v) is 7.09. The van der Waals surface area contributed by atoms with Gasteiger partial charge in [-0.3, -0.25) is 9.59 Å². The third-order valence-electron chi connectivity index (χ3n) is 5.51. The second-order valence-corrected chi connectivity index (χ2v) is 10.1. The van der Waals surface area contributed by atoms with Crippen LogP contribution in [0.5, 0.6) is 0 Å². The Balaban J connectivity index is 1.86. The van der Waals surface area contributed by atoms with Crippen LogP contribution in [0.25, 0.3) is 0 Å². The molecule has 35 heavy (non-hydrogen) atoms. The van der Waals surface area contributed by atoms with Crippen molar-refractivity contribution < 1.29 is 9.59 Å². The standard InChI is InChI=1S/C28H30Cl2N2O2S/c1-2-15-31-28(34)26(16-21-9-5-3-6-10-21)32(18-23-13-14-24(29)17-25(23)30)27(33)20-35-19-22-11-7-4-8-12-22/h3-14,17,26H,2,15-16,18-20H2,1H3,(H,31,34)/t26-/m0/s1. The molecule has 0 aliphatic rings. The van der Waals surface area contributed by atoms with Crippen LogP contribution in [0.1, 0.15) is 30.0 Å². The Labute approximate surface area is 222 Å². The number of nitrogens with one attached hydrogen (secondary N) is 1. The molecule has 0 radical (unpaired) electrons. The van der Waals surface area contributed by atoms with E-state index in [2.05, 4.69) is 5.32 Å². The van der Waals surface area contributed by atoms with E-state index in [4.69, 9.17) is 23.2 Å². The minimum absolute atomic E-state index is 0.107. The molecule has 0 unspecified atom stereocenters. The van der Waals surface area contributed by atoms with Gasteiger partial charge in [-0.1, -0.05) is 96.9 Å². The molecule has 0 aliphatic heterocycles. The summed E-state index contributed by atoms with van der Waals surface area (Å²) >= 11 is 14.1. The van der Waals surface area contributed by atoms with Crippen molar-refractivity contribution in [3.63, 3.8) is 0 Å². The lowest BCUT2D eigenvalue weighted by molar-refractivity contribution is -0.139. The van der Waals surface area contributed by atoms with Gasteiger partial charge in [-0.15, -0.1) is 11.8 Å². The van der Waals surface area contributed by atoms with E-state index in [1.54, 1.807) is 17.0 Å². The lowest BCUT2D eigenvalue weighted by Crippen LogP contribution is -2.51. The first-order valence-corrected chi connectivity index (χ1v) is 13.6. The molecule has 0 saturated heterocycles. The van der Waals surface area contributed by atoms with Crippen LogP contribution in [0.2, 0.25) is 10.0 Å². The highest BCUT2D eigenvalue weighted by molar-refractivity contribution is 7.99. The monoisotopic (exact) mass is 528 g/mol. The Kier molecular flexibility index (Phi) is 11.0. The van der Waals surface area contributed by atoms with Gasteiger partial charge in [0.25, 0.3) is 0 Å². The maximum absolute atomic E-state index is 13.6. The second kappa shape index (κ2) is 14.2. The number of halogens is 2. The van der Waals surface area contributed by atoms with Crippen LogP contribution in [0.15, 0.2) is 78.9 Å². The number of nitrogens with zero attached hydrogens (tertiary/aromatic N) is 1. The van der Waals surface area contributed by atoms with Crippen LogP contribution in [0.4, 0.5) is 0 Å². The number of amides is 2. The average Bonchev–Trinajstić information content (AvgIpc) is 2.87. The molecule has 4 nitrogen and oxygen atoms in total. The van der Waals surface area contributed by atoms with Gasteiger partial charge in [-0.05, 0) is 35.2 Å². The quantitative estimate of drug-likeness (QED) is 0.296. The fourth-order valence-electron chi connectivity index (χ4n) is 3.67. The number of hydrogen-bond acceptors (Lipinski definition) is 3. The van der Waals surface area contributed by atoms with Crippen molar-refractivity contribution in [2.45, 2.75) is 38.1 Å². The highest BCUT2D eigenvalue weighted by Crippen LogP contribution is 2.25. The van der Waals surface area contributed by atoms with E-state index in [-0.39, 0.29) is 24.1 Å². The second-order valence-electron chi connectivity index (χ2n) is 8.23. The van der Waals surface area contributed by atoms with E-state index < -0.39 is 6.04 Å². The zero-order chi connectivity index (χ0) is 25.0. The summed E-state index contributed by atoms with van der Waals surface area (Å²) in [6.45, 7) is 2.78. The van der Waals surface area contributed by atoms with Crippen molar-refractivity contribution in [3.05, 3.63) is 106 Å². The Bertz CT molecular complexity index is 1100. The molecular formula is C28H30Cl2N2O2S. The molecule has 0 fully saturated rings. The van der Waals surface area contributed by atoms with E-state index in [0.29, 0.717) is 28.8 Å². The van der Waals surface area contributed by atoms with Crippen LogP contribution in [0.3, 0.4) is 0 Å². The van der Waals surface area contributed by atoms with E-state index in [1.807, 2.05) is 73.7 Å². The number of carbonyl (C=O) groups excluding carboxylic acids is 2. The predicted octanol–water partition coefficient (Wildman–Crippen LogP) is 6.39. The van der Waals surface area contributed by atoms with Gasteiger partial charge in [0.1, 0.15) is 6.04 Å². The summed E-state index contributed by atoms with van der Waals surface area (Å²) in [7, 11) is 0. The number of hydrogen-bond donors (Lipinski definition) is 1. The molecule has 0 heterocycles. The molecule has 0 aliphatic carbocycles. The minimum Gasteiger partial charge on any atom is -0.354 e. The summed E-state index contributed by atoms with van der Waals surface area (Å²) in [5.41, 5.74) is 2.89. The zero-order valence-electron chi connectivity index (χ0n) is 19.8. The van der Waals surface area contributed by atoms with Crippen LogP contribution in [-0.4, -0.2) is 35.1 Å². The van der Waals surface area contributed by atoms with Gasteiger partial charge in [0.2, 0.25) is 11.8 Å². The van der Waals surface area contributed by atoms with Crippen molar-refractivity contribution in [1.82, 2.24) is 10.2 Å². The highest BCUT2D eigenvalue weighted by atomic mass is 35.5. The number of rotatable bonds is 12. The van der Waals surface area contributed by atoms with Crippen LogP contribution < -0.4 is 5.32 Å². The van der Waals surface area contributed by atoms with Crippen LogP contribution in [0, 0.1) is 0 Å². The smallest absolute Gasteiger partial charge is 0.243 e. The molecule has 3 rings (SSSR count). The fourth-order valence-corrected chi connectivity index (χ4v) is 5.01. The summed E-state index contributed by atoms with van der Waals surface area (Å²) in [5, 5.41) is 3.98. The van der Waals surface area contributed by atoms with Gasteiger partial charge in [0, 0.05) is 35.3 Å². The van der Waals surface area contributed by atoms with Gasteiger partial charge >= 0.3 is 0 Å². The average molecular weight is 530 g/mol. The summed E-state index contributed by atoms with van der Waals surface area (Å²) in [6, 6.07) is 24.3. The molecule has 0 bridgehead atoms. The Morgan fingerprint density at radius 2 is 1.60 bits per heavy atom. The van der Waals surface area contributed by atoms with E-state index in [9.17, 15) is 9.59 Å². The first kappa shape index (κ1) is 27.1. The summed E-state index contributed by atoms with van der Waals surface area (Å²) in [6.07, 6.45) is 1.23. The normalized spacial score (nSPS) is 11.6. The Morgan fingerprint density at radius 3 is 2.23 bits per heavy atom. The van der Waals surface area contributed by atoms with Gasteiger partial charge in [0.15, 0.2) is 0 Å². The van der Waals surface area contributed by atoms with Crippen molar-refractivity contribution in [2.75, 3.05) is 12.3 Å². The van der Waals surface area contributed by atoms with Crippen molar-refractivity contribution in [3.8, 4) is 0 Å². The lowest BCUT2D eigenvalue weighted by atomic mass is 10.0. The molecule has 184 valence electrons. The molecule has 2 amide bonds. The highest BCUT2D eigenvalue weighted by Gasteiger charge is 2.30. The van der Waals surface area contributed by atoms with Gasteiger partial charge < -0.3 is 10.2 Å². The number of benzene rings is 3. The predicted molar refractivity (Wildman–Crippen MR) is 147 cm³/mol. The topological polar surface area (TPSA) is 49.4 Å². The van der Waals surface area contributed by atoms with Crippen molar-refractivity contribution in [1.29, 1.82) is 0 Å². The van der Waals surface area contributed by atoms with Gasteiger partial charge in [-0.2, -0.15) is 0 Å². The minimum atomic E-state index is -0.666. The lowest BCUT2D eigenvalue weighted by Gasteiger charge is -2.32. The van der Waals surface area contributed by atoms with Crippen LogP contribution in [-0.2, 0) is 28.3 Å². The van der Waals surface area contributed by atoms with E-state index in [0.717, 1.165) is 23.1 Å². The summed E-state index contributed by atoms with van der Waals surface area (Å²) < 4.78 is 0. The molecule has 7 heteroatoms. The number of thioether (sulfide) groups is 1. The molecule has 0 aromatic heterocycles. The maximum Gasteiger partial charge on any atom is 0.243 e. The SMILES string of the molecule is CCCNC(=O)[C@H](Cc1ccccc1)N(Cc1ccc(Cl)cc1Cl)C(=O)CSCc1ccccc1. The zero-order valence-corrected chi connectivity index (χ0v) is 22.1. The third kappa shape index (κ3) is 8.60. The van der Waals surface area contributed by atoms with E-state index >= 15 is 0 Å².